The van der Waals surface area contributed by atoms with Crippen molar-refractivity contribution in [3.8, 4) is 0 Å². The lowest BCUT2D eigenvalue weighted by atomic mass is 10.2. The minimum Gasteiger partial charge on any atom is -0.469 e. The highest BCUT2D eigenvalue weighted by molar-refractivity contribution is 5.75. The van der Waals surface area contributed by atoms with Crippen molar-refractivity contribution in [3.05, 3.63) is 60.2 Å². The molecule has 0 fully saturated rings. The minimum atomic E-state index is -0.286. The molecule has 0 bridgehead atoms. The number of hydrogen-bond acceptors (Lipinski definition) is 3. The first kappa shape index (κ1) is 13.9. The normalized spacial score (nSPS) is 10.9. The fourth-order valence-electron chi connectivity index (χ4n) is 1.30. The van der Waals surface area contributed by atoms with Crippen LogP contribution in [0.3, 0.4) is 0 Å². The Bertz CT molecular complexity index is 447. The SMILES string of the molecule is C=C(/C=C\C=N\Cc1ccccc1)CC(=O)OC. The number of hydrogen-bond donors (Lipinski definition) is 0. The second-order valence-corrected chi connectivity index (χ2v) is 3.75. The predicted molar refractivity (Wildman–Crippen MR) is 73.6 cm³/mol. The number of rotatable bonds is 6. The fraction of sp³-hybridized carbons (Fsp3) is 0.200. The molecular weight excluding hydrogens is 226 g/mol. The van der Waals surface area contributed by atoms with Crippen molar-refractivity contribution >= 4 is 12.2 Å². The van der Waals surface area contributed by atoms with Crippen molar-refractivity contribution in [2.45, 2.75) is 13.0 Å². The van der Waals surface area contributed by atoms with E-state index in [9.17, 15) is 4.79 Å². The van der Waals surface area contributed by atoms with Crippen LogP contribution in [0.25, 0.3) is 0 Å². The highest BCUT2D eigenvalue weighted by Gasteiger charge is 1.99. The Labute approximate surface area is 108 Å². The van der Waals surface area contributed by atoms with Crippen LogP contribution in [0.1, 0.15) is 12.0 Å². The van der Waals surface area contributed by atoms with Crippen molar-refractivity contribution in [1.29, 1.82) is 0 Å². The molecule has 0 saturated heterocycles. The molecule has 1 rings (SSSR count). The number of benzene rings is 1. The molecule has 18 heavy (non-hydrogen) atoms. The zero-order valence-corrected chi connectivity index (χ0v) is 10.5. The van der Waals surface area contributed by atoms with Crippen molar-refractivity contribution in [2.75, 3.05) is 7.11 Å². The summed E-state index contributed by atoms with van der Waals surface area (Å²) in [6.07, 6.45) is 5.44. The van der Waals surface area contributed by atoms with E-state index in [2.05, 4.69) is 16.3 Å². The first-order valence-corrected chi connectivity index (χ1v) is 5.67. The highest BCUT2D eigenvalue weighted by atomic mass is 16.5. The lowest BCUT2D eigenvalue weighted by Crippen LogP contribution is -1.99. The molecule has 0 aliphatic carbocycles. The van der Waals surface area contributed by atoms with Gasteiger partial charge in [-0.25, -0.2) is 0 Å². The smallest absolute Gasteiger partial charge is 0.309 e. The molecule has 1 aromatic rings. The number of ether oxygens (including phenoxy) is 1. The van der Waals surface area contributed by atoms with Gasteiger partial charge in [0.2, 0.25) is 0 Å². The molecule has 0 unspecified atom stereocenters. The lowest BCUT2D eigenvalue weighted by Gasteiger charge is -1.97. The van der Waals surface area contributed by atoms with Crippen LogP contribution in [0, 0.1) is 0 Å². The Morgan fingerprint density at radius 1 is 1.39 bits per heavy atom. The first-order chi connectivity index (χ1) is 8.72. The molecule has 0 aliphatic heterocycles. The number of esters is 1. The van der Waals surface area contributed by atoms with E-state index in [-0.39, 0.29) is 12.4 Å². The molecule has 0 amide bonds. The van der Waals surface area contributed by atoms with Crippen LogP contribution in [0.5, 0.6) is 0 Å². The summed E-state index contributed by atoms with van der Waals surface area (Å²) in [6, 6.07) is 10.00. The van der Waals surface area contributed by atoms with Crippen molar-refractivity contribution in [2.24, 2.45) is 4.99 Å². The van der Waals surface area contributed by atoms with E-state index >= 15 is 0 Å². The van der Waals surface area contributed by atoms with Gasteiger partial charge in [-0.1, -0.05) is 43.0 Å². The van der Waals surface area contributed by atoms with Gasteiger partial charge in [0.15, 0.2) is 0 Å². The van der Waals surface area contributed by atoms with E-state index in [1.165, 1.54) is 7.11 Å². The molecule has 0 aliphatic rings. The summed E-state index contributed by atoms with van der Waals surface area (Å²) in [5.74, 6) is -0.286. The average molecular weight is 243 g/mol. The van der Waals surface area contributed by atoms with Crippen LogP contribution in [-0.2, 0) is 16.1 Å². The summed E-state index contributed by atoms with van der Waals surface area (Å²) in [5, 5.41) is 0. The number of nitrogens with zero attached hydrogens (tertiary/aromatic N) is 1. The standard InChI is InChI=1S/C15H17NO2/c1-13(11-15(17)18-2)7-6-10-16-12-14-8-4-3-5-9-14/h3-10H,1,11-12H2,2H3/b7-6-,16-10+. The van der Waals surface area contributed by atoms with Crippen molar-refractivity contribution in [3.63, 3.8) is 0 Å². The van der Waals surface area contributed by atoms with Gasteiger partial charge in [-0.05, 0) is 17.2 Å². The zero-order valence-electron chi connectivity index (χ0n) is 10.5. The van der Waals surface area contributed by atoms with Gasteiger partial charge in [0.1, 0.15) is 0 Å². The number of methoxy groups -OCH3 is 1. The van der Waals surface area contributed by atoms with Crippen LogP contribution >= 0.6 is 0 Å². The lowest BCUT2D eigenvalue weighted by molar-refractivity contribution is -0.139. The molecular formula is C15H17NO2. The average Bonchev–Trinajstić information content (AvgIpc) is 2.39. The maximum Gasteiger partial charge on any atom is 0.309 e. The second kappa shape index (κ2) is 8.01. The summed E-state index contributed by atoms with van der Waals surface area (Å²) in [5.41, 5.74) is 1.86. The third-order valence-electron chi connectivity index (χ3n) is 2.24. The third-order valence-corrected chi connectivity index (χ3v) is 2.24. The number of carbonyl (C=O) groups excluding carboxylic acids is 1. The van der Waals surface area contributed by atoms with Gasteiger partial charge in [0, 0.05) is 6.21 Å². The second-order valence-electron chi connectivity index (χ2n) is 3.75. The molecule has 1 aromatic carbocycles. The molecule has 0 saturated carbocycles. The topological polar surface area (TPSA) is 38.7 Å². The number of carbonyl (C=O) groups is 1. The van der Waals surface area contributed by atoms with Crippen LogP contribution in [0.4, 0.5) is 0 Å². The molecule has 0 N–H and O–H groups in total. The molecule has 0 heterocycles. The first-order valence-electron chi connectivity index (χ1n) is 5.67. The van der Waals surface area contributed by atoms with Gasteiger partial charge < -0.3 is 4.74 Å². The van der Waals surface area contributed by atoms with Gasteiger partial charge in [-0.15, -0.1) is 0 Å². The Morgan fingerprint density at radius 3 is 2.78 bits per heavy atom. The van der Waals surface area contributed by atoms with Gasteiger partial charge in [0.25, 0.3) is 0 Å². The predicted octanol–water partition coefficient (Wildman–Crippen LogP) is 2.93. The fourth-order valence-corrected chi connectivity index (χ4v) is 1.30. The van der Waals surface area contributed by atoms with E-state index in [0.717, 1.165) is 5.56 Å². The summed E-state index contributed by atoms with van der Waals surface area (Å²) >= 11 is 0. The van der Waals surface area contributed by atoms with Gasteiger partial charge in [-0.3, -0.25) is 9.79 Å². The Hall–Kier alpha value is -2.16. The van der Waals surface area contributed by atoms with Crippen LogP contribution in [-0.4, -0.2) is 19.3 Å². The summed E-state index contributed by atoms with van der Waals surface area (Å²) in [4.78, 5) is 15.2. The third kappa shape index (κ3) is 5.80. The molecule has 94 valence electrons. The molecule has 3 nitrogen and oxygen atoms in total. The summed E-state index contributed by atoms with van der Waals surface area (Å²) in [7, 11) is 1.36. The van der Waals surface area contributed by atoms with E-state index in [1.807, 2.05) is 30.3 Å². The number of aliphatic imine (C=N–C) groups is 1. The van der Waals surface area contributed by atoms with E-state index in [1.54, 1.807) is 18.4 Å². The van der Waals surface area contributed by atoms with E-state index in [4.69, 9.17) is 0 Å². The molecule has 0 radical (unpaired) electrons. The van der Waals surface area contributed by atoms with Crippen molar-refractivity contribution < 1.29 is 9.53 Å². The monoisotopic (exact) mass is 243 g/mol. The van der Waals surface area contributed by atoms with Crippen LogP contribution in [0.15, 0.2) is 59.6 Å². The van der Waals surface area contributed by atoms with Crippen molar-refractivity contribution in [1.82, 2.24) is 0 Å². The quantitative estimate of drug-likeness (QED) is 0.438. The van der Waals surface area contributed by atoms with Crippen LogP contribution < -0.4 is 0 Å². The van der Waals surface area contributed by atoms with Crippen LogP contribution in [0.2, 0.25) is 0 Å². The minimum absolute atomic E-state index is 0.208. The Morgan fingerprint density at radius 2 is 2.11 bits per heavy atom. The molecule has 0 atom stereocenters. The molecule has 3 heteroatoms. The maximum atomic E-state index is 10.9. The molecule has 0 spiro atoms. The summed E-state index contributed by atoms with van der Waals surface area (Å²) in [6.45, 7) is 4.40. The highest BCUT2D eigenvalue weighted by Crippen LogP contribution is 2.01. The Kier molecular flexibility index (Phi) is 6.19. The zero-order chi connectivity index (χ0) is 13.2. The molecule has 0 aromatic heterocycles. The van der Waals surface area contributed by atoms with E-state index < -0.39 is 0 Å². The van der Waals surface area contributed by atoms with Gasteiger partial charge in [-0.2, -0.15) is 0 Å². The summed E-state index contributed by atoms with van der Waals surface area (Å²) < 4.78 is 4.54. The van der Waals surface area contributed by atoms with Gasteiger partial charge in [0.05, 0.1) is 20.1 Å². The van der Waals surface area contributed by atoms with E-state index in [0.29, 0.717) is 12.1 Å². The van der Waals surface area contributed by atoms with Gasteiger partial charge >= 0.3 is 5.97 Å². The Balaban J connectivity index is 2.32. The largest absolute Gasteiger partial charge is 0.469 e. The number of allylic oxidation sites excluding steroid dienone is 2. The maximum absolute atomic E-state index is 10.9.